The van der Waals surface area contributed by atoms with Gasteiger partial charge in [-0.2, -0.15) is 11.8 Å². The number of nitrogens with zero attached hydrogens (tertiary/aromatic N) is 2. The summed E-state index contributed by atoms with van der Waals surface area (Å²) in [6, 6.07) is 0. The van der Waals surface area contributed by atoms with E-state index in [1.54, 1.807) is 19.0 Å². The quantitative estimate of drug-likeness (QED) is 0.380. The van der Waals surface area contributed by atoms with Crippen LogP contribution in [0.5, 0.6) is 0 Å². The van der Waals surface area contributed by atoms with Gasteiger partial charge in [0.1, 0.15) is 0 Å². The van der Waals surface area contributed by atoms with Crippen molar-refractivity contribution in [2.45, 2.75) is 26.2 Å². The Labute approximate surface area is 121 Å². The zero-order valence-electron chi connectivity index (χ0n) is 12.7. The molecule has 0 bridgehead atoms. The molecule has 0 aromatic heterocycles. The minimum atomic E-state index is 0.128. The largest absolute Gasteiger partial charge is 0.357 e. The van der Waals surface area contributed by atoms with Crippen LogP contribution >= 0.6 is 11.8 Å². The molecule has 0 heterocycles. The zero-order valence-corrected chi connectivity index (χ0v) is 13.5. The van der Waals surface area contributed by atoms with Gasteiger partial charge in [0.2, 0.25) is 5.91 Å². The Bertz CT molecular complexity index is 269. The van der Waals surface area contributed by atoms with Gasteiger partial charge in [-0.1, -0.05) is 0 Å². The smallest absolute Gasteiger partial charge is 0.223 e. The van der Waals surface area contributed by atoms with Gasteiger partial charge in [-0.3, -0.25) is 9.79 Å². The highest BCUT2D eigenvalue weighted by molar-refractivity contribution is 7.98. The number of carbonyl (C=O) groups is 1. The van der Waals surface area contributed by atoms with Crippen LogP contribution in [0.3, 0.4) is 0 Å². The van der Waals surface area contributed by atoms with Gasteiger partial charge < -0.3 is 15.5 Å². The summed E-state index contributed by atoms with van der Waals surface area (Å²) in [6.07, 6.45) is 4.91. The first-order valence-corrected chi connectivity index (χ1v) is 8.22. The fourth-order valence-corrected chi connectivity index (χ4v) is 1.90. The lowest BCUT2D eigenvalue weighted by Crippen LogP contribution is -2.39. The van der Waals surface area contributed by atoms with Crippen LogP contribution in [0.25, 0.3) is 0 Å². The molecule has 19 heavy (non-hydrogen) atoms. The van der Waals surface area contributed by atoms with Gasteiger partial charge in [0.25, 0.3) is 0 Å². The van der Waals surface area contributed by atoms with Crippen LogP contribution in [0.2, 0.25) is 0 Å². The summed E-state index contributed by atoms with van der Waals surface area (Å²) in [6.45, 7) is 4.32. The molecule has 0 aliphatic rings. The Kier molecular flexibility index (Phi) is 11.6. The maximum absolute atomic E-state index is 11.4. The Morgan fingerprint density at radius 1 is 1.26 bits per heavy atom. The second-order valence-corrected chi connectivity index (χ2v) is 5.41. The highest BCUT2D eigenvalue weighted by Gasteiger charge is 2.03. The SMILES string of the molecule is CCNC(=NCCCCSC)NCCC(=O)N(C)C. The number of thioether (sulfide) groups is 1. The first-order chi connectivity index (χ1) is 9.11. The molecule has 1 amide bonds. The van der Waals surface area contributed by atoms with Gasteiger partial charge in [-0.15, -0.1) is 0 Å². The summed E-state index contributed by atoms with van der Waals surface area (Å²) >= 11 is 1.87. The van der Waals surface area contributed by atoms with E-state index in [9.17, 15) is 4.79 Å². The van der Waals surface area contributed by atoms with Crippen LogP contribution in [-0.2, 0) is 4.79 Å². The molecule has 0 aromatic carbocycles. The van der Waals surface area contributed by atoms with Crippen molar-refractivity contribution in [3.8, 4) is 0 Å². The minimum Gasteiger partial charge on any atom is -0.357 e. The third-order valence-electron chi connectivity index (χ3n) is 2.50. The van der Waals surface area contributed by atoms with Crippen LogP contribution in [0.15, 0.2) is 4.99 Å². The number of aliphatic imine (C=N–C) groups is 1. The maximum atomic E-state index is 11.4. The lowest BCUT2D eigenvalue weighted by molar-refractivity contribution is -0.128. The number of hydrogen-bond donors (Lipinski definition) is 2. The van der Waals surface area contributed by atoms with Gasteiger partial charge in [0.15, 0.2) is 5.96 Å². The molecular weight excluding hydrogens is 260 g/mol. The first kappa shape index (κ1) is 18.1. The molecule has 6 heteroatoms. The molecule has 2 N–H and O–H groups in total. The van der Waals surface area contributed by atoms with Crippen molar-refractivity contribution in [1.29, 1.82) is 0 Å². The number of nitrogens with one attached hydrogen (secondary N) is 2. The topological polar surface area (TPSA) is 56.7 Å². The number of rotatable bonds is 9. The summed E-state index contributed by atoms with van der Waals surface area (Å²) in [5, 5.41) is 6.37. The highest BCUT2D eigenvalue weighted by Crippen LogP contribution is 1.98. The Hall–Kier alpha value is -0.910. The second-order valence-electron chi connectivity index (χ2n) is 4.43. The average molecular weight is 288 g/mol. The van der Waals surface area contributed by atoms with Crippen molar-refractivity contribution in [1.82, 2.24) is 15.5 Å². The molecule has 0 aliphatic heterocycles. The second kappa shape index (κ2) is 12.1. The number of guanidine groups is 1. The number of hydrogen-bond acceptors (Lipinski definition) is 3. The molecule has 112 valence electrons. The van der Waals surface area contributed by atoms with E-state index in [0.29, 0.717) is 13.0 Å². The lowest BCUT2D eigenvalue weighted by Gasteiger charge is -2.13. The summed E-state index contributed by atoms with van der Waals surface area (Å²) in [5.41, 5.74) is 0. The van der Waals surface area contributed by atoms with E-state index in [0.717, 1.165) is 25.5 Å². The van der Waals surface area contributed by atoms with Gasteiger partial charge in [0, 0.05) is 40.2 Å². The molecule has 0 fully saturated rings. The van der Waals surface area contributed by atoms with Crippen molar-refractivity contribution in [3.05, 3.63) is 0 Å². The lowest BCUT2D eigenvalue weighted by atomic mass is 10.3. The summed E-state index contributed by atoms with van der Waals surface area (Å²) in [5.74, 6) is 2.12. The van der Waals surface area contributed by atoms with E-state index in [2.05, 4.69) is 21.9 Å². The fourth-order valence-electron chi connectivity index (χ4n) is 1.40. The van der Waals surface area contributed by atoms with E-state index in [1.807, 2.05) is 18.7 Å². The predicted molar refractivity (Wildman–Crippen MR) is 84.9 cm³/mol. The highest BCUT2D eigenvalue weighted by atomic mass is 32.2. The van der Waals surface area contributed by atoms with Crippen molar-refractivity contribution < 1.29 is 4.79 Å². The molecule has 0 spiro atoms. The Morgan fingerprint density at radius 3 is 2.58 bits per heavy atom. The molecule has 0 rings (SSSR count). The van der Waals surface area contributed by atoms with Gasteiger partial charge in [0.05, 0.1) is 0 Å². The van der Waals surface area contributed by atoms with E-state index in [1.165, 1.54) is 12.2 Å². The summed E-state index contributed by atoms with van der Waals surface area (Å²) in [4.78, 5) is 17.5. The molecule has 0 aliphatic carbocycles. The van der Waals surface area contributed by atoms with Crippen LogP contribution in [0.1, 0.15) is 26.2 Å². The van der Waals surface area contributed by atoms with Crippen molar-refractivity contribution in [3.63, 3.8) is 0 Å². The molecule has 0 atom stereocenters. The predicted octanol–water partition coefficient (Wildman–Crippen LogP) is 1.16. The van der Waals surface area contributed by atoms with Crippen molar-refractivity contribution >= 4 is 23.6 Å². The first-order valence-electron chi connectivity index (χ1n) is 6.83. The summed E-state index contributed by atoms with van der Waals surface area (Å²) < 4.78 is 0. The van der Waals surface area contributed by atoms with Gasteiger partial charge in [-0.25, -0.2) is 0 Å². The monoisotopic (exact) mass is 288 g/mol. The zero-order chi connectivity index (χ0) is 14.5. The van der Waals surface area contributed by atoms with Crippen LogP contribution in [-0.4, -0.2) is 62.5 Å². The molecule has 0 saturated carbocycles. The van der Waals surface area contributed by atoms with Crippen LogP contribution in [0.4, 0.5) is 0 Å². The van der Waals surface area contributed by atoms with Crippen molar-refractivity contribution in [2.24, 2.45) is 4.99 Å². The molecule has 0 aromatic rings. The van der Waals surface area contributed by atoms with E-state index in [-0.39, 0.29) is 5.91 Å². The number of amides is 1. The molecule has 0 radical (unpaired) electrons. The normalized spacial score (nSPS) is 11.3. The van der Waals surface area contributed by atoms with E-state index in [4.69, 9.17) is 0 Å². The minimum absolute atomic E-state index is 0.128. The van der Waals surface area contributed by atoms with Crippen LogP contribution < -0.4 is 10.6 Å². The molecule has 5 nitrogen and oxygen atoms in total. The van der Waals surface area contributed by atoms with Crippen molar-refractivity contribution in [2.75, 3.05) is 45.7 Å². The van der Waals surface area contributed by atoms with Crippen LogP contribution in [0, 0.1) is 0 Å². The fraction of sp³-hybridized carbons (Fsp3) is 0.846. The molecule has 0 saturated heterocycles. The number of carbonyl (C=O) groups excluding carboxylic acids is 1. The third-order valence-corrected chi connectivity index (χ3v) is 3.20. The summed E-state index contributed by atoms with van der Waals surface area (Å²) in [7, 11) is 3.54. The Balaban J connectivity index is 3.90. The Morgan fingerprint density at radius 2 is 2.00 bits per heavy atom. The number of unbranched alkanes of at least 4 members (excludes halogenated alkanes) is 1. The molecule has 0 unspecified atom stereocenters. The maximum Gasteiger partial charge on any atom is 0.223 e. The van der Waals surface area contributed by atoms with Gasteiger partial charge >= 0.3 is 0 Å². The van der Waals surface area contributed by atoms with Gasteiger partial charge in [-0.05, 0) is 31.8 Å². The van der Waals surface area contributed by atoms with E-state index < -0.39 is 0 Å². The molecular formula is C13H28N4OS. The third kappa shape index (κ3) is 10.7. The van der Waals surface area contributed by atoms with E-state index >= 15 is 0 Å². The standard InChI is InChI=1S/C13H28N4OS/c1-5-14-13(15-9-6-7-11-19-4)16-10-8-12(18)17(2)3/h5-11H2,1-4H3,(H2,14,15,16). The average Bonchev–Trinajstić information content (AvgIpc) is 2.38.